The van der Waals surface area contributed by atoms with Gasteiger partial charge in [0, 0.05) is 17.4 Å². The number of nitrogens with zero attached hydrogens (tertiary/aromatic N) is 2. The smallest absolute Gasteiger partial charge is 0.335 e. The van der Waals surface area contributed by atoms with E-state index in [1.807, 2.05) is 0 Å². The maximum Gasteiger partial charge on any atom is 0.335 e. The van der Waals surface area contributed by atoms with Gasteiger partial charge in [-0.2, -0.15) is 5.10 Å². The van der Waals surface area contributed by atoms with Gasteiger partial charge in [-0.15, -0.1) is 0 Å². The van der Waals surface area contributed by atoms with Crippen molar-refractivity contribution in [3.05, 3.63) is 30.0 Å². The number of carboxylic acids is 1. The molecule has 0 bridgehead atoms. The molecule has 132 valence electrons. The van der Waals surface area contributed by atoms with Gasteiger partial charge < -0.3 is 20.3 Å². The van der Waals surface area contributed by atoms with E-state index in [4.69, 9.17) is 20.3 Å². The van der Waals surface area contributed by atoms with Crippen molar-refractivity contribution in [2.75, 3.05) is 26.4 Å². The van der Waals surface area contributed by atoms with Crippen molar-refractivity contribution < 1.29 is 19.4 Å². The van der Waals surface area contributed by atoms with Crippen molar-refractivity contribution in [1.82, 2.24) is 15.2 Å². The standard InChI is InChI=1S/C17H20N4O4/c18-5-1-2-6-24-7-8-25-16-15-13(10-19-21-15)12-4-3-11(17(22)23)9-14(12)20-16/h3-4,9-10H,1-2,5-8,18H2,(H,19,21)(H,22,23). The second kappa shape index (κ2) is 7.91. The van der Waals surface area contributed by atoms with Gasteiger partial charge in [-0.05, 0) is 31.5 Å². The Labute approximate surface area is 143 Å². The van der Waals surface area contributed by atoms with Crippen LogP contribution in [-0.4, -0.2) is 52.6 Å². The topological polar surface area (TPSA) is 123 Å². The van der Waals surface area contributed by atoms with Crippen molar-refractivity contribution >= 4 is 27.8 Å². The Hall–Kier alpha value is -2.71. The van der Waals surface area contributed by atoms with Crippen LogP contribution in [0.4, 0.5) is 0 Å². The number of nitrogens with two attached hydrogens (primary N) is 1. The number of H-pyrrole nitrogens is 1. The van der Waals surface area contributed by atoms with E-state index in [-0.39, 0.29) is 5.56 Å². The Morgan fingerprint density at radius 3 is 2.88 bits per heavy atom. The summed E-state index contributed by atoms with van der Waals surface area (Å²) in [5, 5.41) is 17.7. The van der Waals surface area contributed by atoms with Gasteiger partial charge in [0.15, 0.2) is 0 Å². The van der Waals surface area contributed by atoms with Crippen LogP contribution in [0, 0.1) is 0 Å². The molecule has 8 nitrogen and oxygen atoms in total. The maximum atomic E-state index is 11.2. The predicted octanol–water partition coefficient (Wildman–Crippen LogP) is 1.94. The summed E-state index contributed by atoms with van der Waals surface area (Å²) in [4.78, 5) is 15.6. The molecule has 25 heavy (non-hydrogen) atoms. The van der Waals surface area contributed by atoms with Gasteiger partial charge in [0.05, 0.1) is 23.9 Å². The molecule has 2 heterocycles. The summed E-state index contributed by atoms with van der Waals surface area (Å²) in [5.41, 5.74) is 6.83. The number of ether oxygens (including phenoxy) is 2. The van der Waals surface area contributed by atoms with Crippen LogP contribution < -0.4 is 10.5 Å². The number of nitrogens with one attached hydrogen (secondary N) is 1. The van der Waals surface area contributed by atoms with Gasteiger partial charge >= 0.3 is 5.97 Å². The van der Waals surface area contributed by atoms with E-state index < -0.39 is 5.97 Å². The molecule has 3 aromatic rings. The molecule has 0 saturated heterocycles. The molecule has 0 saturated carbocycles. The Balaban J connectivity index is 1.76. The summed E-state index contributed by atoms with van der Waals surface area (Å²) >= 11 is 0. The number of hydrogen-bond acceptors (Lipinski definition) is 6. The number of aromatic carboxylic acids is 1. The third kappa shape index (κ3) is 3.86. The van der Waals surface area contributed by atoms with Crippen molar-refractivity contribution in [1.29, 1.82) is 0 Å². The zero-order valence-corrected chi connectivity index (χ0v) is 13.7. The van der Waals surface area contributed by atoms with Crippen LogP contribution in [0.5, 0.6) is 5.88 Å². The summed E-state index contributed by atoms with van der Waals surface area (Å²) in [7, 11) is 0. The zero-order valence-electron chi connectivity index (χ0n) is 13.7. The molecule has 0 aliphatic carbocycles. The Morgan fingerprint density at radius 1 is 1.20 bits per heavy atom. The number of rotatable bonds is 9. The van der Waals surface area contributed by atoms with Crippen LogP contribution in [0.15, 0.2) is 24.4 Å². The lowest BCUT2D eigenvalue weighted by atomic mass is 10.1. The minimum atomic E-state index is -0.996. The first-order valence-corrected chi connectivity index (χ1v) is 8.11. The fraction of sp³-hybridized carbons (Fsp3) is 0.353. The predicted molar refractivity (Wildman–Crippen MR) is 93.0 cm³/mol. The fourth-order valence-electron chi connectivity index (χ4n) is 2.56. The van der Waals surface area contributed by atoms with Crippen LogP contribution in [-0.2, 0) is 4.74 Å². The molecule has 8 heteroatoms. The highest BCUT2D eigenvalue weighted by atomic mass is 16.5. The number of pyridine rings is 1. The first kappa shape index (κ1) is 17.1. The van der Waals surface area contributed by atoms with E-state index in [2.05, 4.69) is 15.2 Å². The molecule has 2 aromatic heterocycles. The molecule has 0 amide bonds. The summed E-state index contributed by atoms with van der Waals surface area (Å²) in [5.74, 6) is -0.613. The molecule has 0 atom stereocenters. The summed E-state index contributed by atoms with van der Waals surface area (Å²) in [6.45, 7) is 2.09. The number of hydrogen-bond donors (Lipinski definition) is 3. The fourth-order valence-corrected chi connectivity index (χ4v) is 2.56. The van der Waals surface area contributed by atoms with Crippen LogP contribution in [0.1, 0.15) is 23.2 Å². The maximum absolute atomic E-state index is 11.2. The van der Waals surface area contributed by atoms with Crippen LogP contribution in [0.2, 0.25) is 0 Å². The van der Waals surface area contributed by atoms with E-state index in [0.29, 0.717) is 43.3 Å². The van der Waals surface area contributed by atoms with Crippen molar-refractivity contribution in [2.45, 2.75) is 12.8 Å². The number of carboxylic acid groups (broad SMARTS) is 1. The van der Waals surface area contributed by atoms with E-state index in [0.717, 1.165) is 23.6 Å². The van der Waals surface area contributed by atoms with Gasteiger partial charge in [-0.25, -0.2) is 9.78 Å². The highest BCUT2D eigenvalue weighted by Crippen LogP contribution is 2.29. The Morgan fingerprint density at radius 2 is 2.08 bits per heavy atom. The average Bonchev–Trinajstić information content (AvgIpc) is 3.10. The molecular formula is C17H20N4O4. The van der Waals surface area contributed by atoms with Crippen LogP contribution >= 0.6 is 0 Å². The molecule has 0 fully saturated rings. The van der Waals surface area contributed by atoms with Gasteiger partial charge in [-0.1, -0.05) is 6.07 Å². The normalized spacial score (nSPS) is 11.2. The highest BCUT2D eigenvalue weighted by Gasteiger charge is 2.13. The number of fused-ring (bicyclic) bond motifs is 3. The van der Waals surface area contributed by atoms with E-state index in [1.165, 1.54) is 6.07 Å². The van der Waals surface area contributed by atoms with Gasteiger partial charge in [0.25, 0.3) is 0 Å². The summed E-state index contributed by atoms with van der Waals surface area (Å²) in [6.07, 6.45) is 3.54. The van der Waals surface area contributed by atoms with Gasteiger partial charge in [-0.3, -0.25) is 5.10 Å². The van der Waals surface area contributed by atoms with Crippen LogP contribution in [0.25, 0.3) is 21.8 Å². The third-order valence-electron chi connectivity index (χ3n) is 3.82. The lowest BCUT2D eigenvalue weighted by molar-refractivity contribution is 0.0697. The quantitative estimate of drug-likeness (QED) is 0.507. The first-order chi connectivity index (χ1) is 12.2. The Kier molecular flexibility index (Phi) is 5.42. The summed E-state index contributed by atoms with van der Waals surface area (Å²) in [6, 6.07) is 4.81. The van der Waals surface area contributed by atoms with Crippen molar-refractivity contribution in [3.63, 3.8) is 0 Å². The van der Waals surface area contributed by atoms with Crippen LogP contribution in [0.3, 0.4) is 0 Å². The number of benzene rings is 1. The van der Waals surface area contributed by atoms with Gasteiger partial charge in [0.1, 0.15) is 12.1 Å². The molecule has 0 radical (unpaired) electrons. The highest BCUT2D eigenvalue weighted by molar-refractivity contribution is 6.07. The van der Waals surface area contributed by atoms with Crippen molar-refractivity contribution in [2.24, 2.45) is 5.73 Å². The first-order valence-electron chi connectivity index (χ1n) is 8.11. The monoisotopic (exact) mass is 344 g/mol. The second-order valence-corrected chi connectivity index (χ2v) is 5.57. The number of aromatic amines is 1. The minimum Gasteiger partial charge on any atom is -0.478 e. The lowest BCUT2D eigenvalue weighted by Crippen LogP contribution is -2.09. The average molecular weight is 344 g/mol. The molecular weight excluding hydrogens is 324 g/mol. The second-order valence-electron chi connectivity index (χ2n) is 5.57. The molecule has 0 unspecified atom stereocenters. The molecule has 1 aromatic carbocycles. The summed E-state index contributed by atoms with van der Waals surface area (Å²) < 4.78 is 11.2. The molecule has 3 rings (SSSR count). The molecule has 0 spiro atoms. The zero-order chi connectivity index (χ0) is 17.6. The number of unbranched alkanes of at least 4 members (excludes halogenated alkanes) is 1. The minimum absolute atomic E-state index is 0.178. The number of aromatic nitrogens is 3. The largest absolute Gasteiger partial charge is 0.478 e. The van der Waals surface area contributed by atoms with Crippen molar-refractivity contribution in [3.8, 4) is 5.88 Å². The van der Waals surface area contributed by atoms with E-state index in [1.54, 1.807) is 18.3 Å². The molecule has 4 N–H and O–H groups in total. The molecule has 0 aliphatic rings. The third-order valence-corrected chi connectivity index (χ3v) is 3.82. The number of carbonyl (C=O) groups is 1. The SMILES string of the molecule is NCCCCOCCOc1nc2cc(C(=O)O)ccc2c2cn[nH]c12. The Bertz CT molecular complexity index is 878. The molecule has 0 aliphatic heterocycles. The van der Waals surface area contributed by atoms with E-state index in [9.17, 15) is 4.79 Å². The lowest BCUT2D eigenvalue weighted by Gasteiger charge is -2.09. The van der Waals surface area contributed by atoms with E-state index >= 15 is 0 Å². The van der Waals surface area contributed by atoms with Gasteiger partial charge in [0.2, 0.25) is 5.88 Å².